The highest BCUT2D eigenvalue weighted by molar-refractivity contribution is 5.94. The maximum Gasteiger partial charge on any atom is 0.338 e. The predicted molar refractivity (Wildman–Crippen MR) is 102 cm³/mol. The summed E-state index contributed by atoms with van der Waals surface area (Å²) in [6.45, 7) is 5.21. The summed E-state index contributed by atoms with van der Waals surface area (Å²) in [5.74, 6) is -1.00. The van der Waals surface area contributed by atoms with Crippen molar-refractivity contribution in [3.8, 4) is 0 Å². The number of anilines is 1. The molecule has 0 aliphatic heterocycles. The fraction of sp³-hybridized carbons (Fsp3) is 0.300. The Labute approximate surface area is 157 Å². The van der Waals surface area contributed by atoms with Crippen molar-refractivity contribution in [3.63, 3.8) is 0 Å². The van der Waals surface area contributed by atoms with E-state index in [0.717, 1.165) is 11.6 Å². The van der Waals surface area contributed by atoms with Crippen LogP contribution in [-0.4, -0.2) is 23.3 Å². The van der Waals surface area contributed by atoms with Gasteiger partial charge in [0.2, 0.25) is 0 Å². The van der Waals surface area contributed by atoms with Gasteiger partial charge in [-0.25, -0.2) is 4.79 Å². The monoisotopic (exact) mass is 370 g/mol. The molecule has 2 rings (SSSR count). The normalized spacial score (nSPS) is 10.9. The zero-order valence-corrected chi connectivity index (χ0v) is 15.5. The number of nitrogens with one attached hydrogen (secondary N) is 1. The fourth-order valence-electron chi connectivity index (χ4n) is 2.18. The van der Waals surface area contributed by atoms with Crippen LogP contribution in [0.15, 0.2) is 48.5 Å². The Morgan fingerprint density at radius 2 is 1.78 bits per heavy atom. The third kappa shape index (κ3) is 5.64. The van der Waals surface area contributed by atoms with Crippen LogP contribution in [0.5, 0.6) is 0 Å². The van der Waals surface area contributed by atoms with Crippen LogP contribution in [0.2, 0.25) is 0 Å². The van der Waals surface area contributed by atoms with E-state index in [9.17, 15) is 19.7 Å². The number of nitro benzene ring substituents is 1. The van der Waals surface area contributed by atoms with Gasteiger partial charge >= 0.3 is 5.97 Å². The first kappa shape index (κ1) is 20.1. The van der Waals surface area contributed by atoms with Gasteiger partial charge in [0.05, 0.1) is 10.5 Å². The molecule has 0 atom stereocenters. The number of hydrogen-bond acceptors (Lipinski definition) is 6. The summed E-state index contributed by atoms with van der Waals surface area (Å²) >= 11 is 0. The van der Waals surface area contributed by atoms with Crippen LogP contribution in [-0.2, 0) is 16.1 Å². The fourth-order valence-corrected chi connectivity index (χ4v) is 2.18. The number of ether oxygens (including phenoxy) is 1. The van der Waals surface area contributed by atoms with Gasteiger partial charge in [-0.2, -0.15) is 0 Å². The van der Waals surface area contributed by atoms with Gasteiger partial charge in [-0.1, -0.05) is 51.1 Å². The summed E-state index contributed by atoms with van der Waals surface area (Å²) in [4.78, 5) is 34.8. The minimum Gasteiger partial charge on any atom is -0.454 e. The van der Waals surface area contributed by atoms with Crippen molar-refractivity contribution in [3.05, 3.63) is 69.8 Å². The van der Waals surface area contributed by atoms with Crippen molar-refractivity contribution in [2.45, 2.75) is 27.3 Å². The number of nitrogens with zero attached hydrogens (tertiary/aromatic N) is 1. The molecule has 0 aliphatic carbocycles. The number of hydrogen-bond donors (Lipinski definition) is 1. The van der Waals surface area contributed by atoms with Crippen LogP contribution in [0.1, 0.15) is 36.7 Å². The minimum absolute atomic E-state index is 0.0219. The Kier molecular flexibility index (Phi) is 6.28. The van der Waals surface area contributed by atoms with Crippen LogP contribution in [0.25, 0.3) is 0 Å². The van der Waals surface area contributed by atoms with E-state index in [0.29, 0.717) is 12.2 Å². The second kappa shape index (κ2) is 8.44. The number of Topliss-reactive ketones (excluding diaryl/α,β-unsaturated/α-hetero) is 1. The molecule has 1 N–H and O–H groups in total. The highest BCUT2D eigenvalue weighted by Gasteiger charge is 2.24. The van der Waals surface area contributed by atoms with E-state index in [1.807, 2.05) is 30.3 Å². The molecule has 0 heterocycles. The van der Waals surface area contributed by atoms with Crippen LogP contribution in [0, 0.1) is 15.5 Å². The molecular formula is C20H22N2O5. The molecule has 0 spiro atoms. The average molecular weight is 370 g/mol. The van der Waals surface area contributed by atoms with Crippen molar-refractivity contribution in [1.29, 1.82) is 0 Å². The number of carbonyl (C=O) groups excluding carboxylic acids is 2. The lowest BCUT2D eigenvalue weighted by Gasteiger charge is -2.16. The van der Waals surface area contributed by atoms with Crippen LogP contribution >= 0.6 is 0 Å². The molecule has 0 radical (unpaired) electrons. The predicted octanol–water partition coefficient (Wildman–Crippen LogP) is 3.98. The number of carbonyl (C=O) groups is 2. The lowest BCUT2D eigenvalue weighted by atomic mass is 9.91. The highest BCUT2D eigenvalue weighted by Crippen LogP contribution is 2.26. The van der Waals surface area contributed by atoms with Gasteiger partial charge in [-0.3, -0.25) is 14.9 Å². The number of rotatable bonds is 7. The van der Waals surface area contributed by atoms with E-state index in [1.54, 1.807) is 20.8 Å². The lowest BCUT2D eigenvalue weighted by Crippen LogP contribution is -2.26. The molecule has 142 valence electrons. The zero-order chi connectivity index (χ0) is 20.0. The quantitative estimate of drug-likeness (QED) is 0.450. The van der Waals surface area contributed by atoms with Gasteiger partial charge < -0.3 is 10.1 Å². The summed E-state index contributed by atoms with van der Waals surface area (Å²) in [5, 5.41) is 14.4. The molecule has 0 aromatic heterocycles. The number of benzene rings is 2. The molecule has 7 nitrogen and oxygen atoms in total. The Balaban J connectivity index is 2.11. The van der Waals surface area contributed by atoms with Gasteiger partial charge in [-0.05, 0) is 17.7 Å². The summed E-state index contributed by atoms with van der Waals surface area (Å²) in [6.07, 6.45) is 0. The van der Waals surface area contributed by atoms with E-state index in [-0.39, 0.29) is 23.6 Å². The molecule has 2 aromatic rings. The molecular weight excluding hydrogens is 348 g/mol. The van der Waals surface area contributed by atoms with Crippen molar-refractivity contribution in [2.75, 3.05) is 11.9 Å². The molecule has 0 aliphatic rings. The Morgan fingerprint density at radius 1 is 1.11 bits per heavy atom. The van der Waals surface area contributed by atoms with Gasteiger partial charge in [-0.15, -0.1) is 0 Å². The lowest BCUT2D eigenvalue weighted by molar-refractivity contribution is -0.384. The zero-order valence-electron chi connectivity index (χ0n) is 15.5. The third-order valence-electron chi connectivity index (χ3n) is 3.93. The maximum absolute atomic E-state index is 12.1. The molecule has 2 aromatic carbocycles. The van der Waals surface area contributed by atoms with Crippen molar-refractivity contribution >= 4 is 23.1 Å². The number of esters is 1. The van der Waals surface area contributed by atoms with Crippen molar-refractivity contribution < 1.29 is 19.2 Å². The van der Waals surface area contributed by atoms with Crippen molar-refractivity contribution in [2.24, 2.45) is 5.41 Å². The van der Waals surface area contributed by atoms with Gasteiger partial charge in [0.15, 0.2) is 12.4 Å². The van der Waals surface area contributed by atoms with Gasteiger partial charge in [0, 0.05) is 18.0 Å². The molecule has 0 bridgehead atoms. The SMILES string of the molecule is CC(C)(C)C(=O)COC(=O)c1ccc(NCc2ccccc2)c([N+](=O)[O-])c1. The Morgan fingerprint density at radius 3 is 2.37 bits per heavy atom. The topological polar surface area (TPSA) is 98.5 Å². The molecule has 0 saturated heterocycles. The second-order valence-corrected chi connectivity index (χ2v) is 7.08. The third-order valence-corrected chi connectivity index (χ3v) is 3.93. The Hall–Kier alpha value is -3.22. The largest absolute Gasteiger partial charge is 0.454 e. The first-order chi connectivity index (χ1) is 12.7. The van der Waals surface area contributed by atoms with E-state index < -0.39 is 16.3 Å². The molecule has 0 amide bonds. The standard InChI is InChI=1S/C20H22N2O5/c1-20(2,3)18(23)13-27-19(24)15-9-10-16(17(11-15)22(25)26)21-12-14-7-5-4-6-8-14/h4-11,21H,12-13H2,1-3H3. The van der Waals surface area contributed by atoms with Gasteiger partial charge in [0.1, 0.15) is 5.69 Å². The molecule has 0 fully saturated rings. The Bertz CT molecular complexity index is 841. The van der Waals surface area contributed by atoms with E-state index in [2.05, 4.69) is 5.32 Å². The van der Waals surface area contributed by atoms with Gasteiger partial charge in [0.25, 0.3) is 5.69 Å². The van der Waals surface area contributed by atoms with E-state index in [1.165, 1.54) is 12.1 Å². The summed E-state index contributed by atoms with van der Waals surface area (Å²) in [6, 6.07) is 13.5. The van der Waals surface area contributed by atoms with E-state index >= 15 is 0 Å². The number of nitro groups is 1. The molecule has 0 unspecified atom stereocenters. The summed E-state index contributed by atoms with van der Waals surface area (Å²) in [7, 11) is 0. The first-order valence-electron chi connectivity index (χ1n) is 8.45. The van der Waals surface area contributed by atoms with Crippen LogP contribution in [0.3, 0.4) is 0 Å². The smallest absolute Gasteiger partial charge is 0.338 e. The minimum atomic E-state index is -0.773. The number of ketones is 1. The first-order valence-corrected chi connectivity index (χ1v) is 8.45. The van der Waals surface area contributed by atoms with Crippen LogP contribution < -0.4 is 5.32 Å². The van der Waals surface area contributed by atoms with Crippen molar-refractivity contribution in [1.82, 2.24) is 0 Å². The highest BCUT2D eigenvalue weighted by atomic mass is 16.6. The molecule has 27 heavy (non-hydrogen) atoms. The molecule has 0 saturated carbocycles. The summed E-state index contributed by atoms with van der Waals surface area (Å²) < 4.78 is 4.99. The maximum atomic E-state index is 12.1. The molecule has 7 heteroatoms. The van der Waals surface area contributed by atoms with E-state index in [4.69, 9.17) is 4.74 Å². The second-order valence-electron chi connectivity index (χ2n) is 7.08. The summed E-state index contributed by atoms with van der Waals surface area (Å²) in [5.41, 5.74) is 0.427. The van der Waals surface area contributed by atoms with Crippen LogP contribution in [0.4, 0.5) is 11.4 Å². The average Bonchev–Trinajstić information content (AvgIpc) is 2.63.